The molecule has 0 radical (unpaired) electrons. The molecule has 1 heteroatoms. The van der Waals surface area contributed by atoms with Crippen LogP contribution >= 0.6 is 0 Å². The first kappa shape index (κ1) is 24.7. The van der Waals surface area contributed by atoms with Crippen molar-refractivity contribution < 1.29 is 4.74 Å². The highest BCUT2D eigenvalue weighted by atomic mass is 16.5. The second-order valence-corrected chi connectivity index (χ2v) is 11.3. The maximum atomic E-state index is 5.96. The van der Waals surface area contributed by atoms with E-state index in [2.05, 4.69) is 58.9 Å². The second kappa shape index (κ2) is 12.3. The van der Waals surface area contributed by atoms with Crippen LogP contribution in [0, 0.1) is 35.5 Å². The molecule has 0 aromatic heterocycles. The Morgan fingerprint density at radius 3 is 1.87 bits per heavy atom. The molecule has 0 spiro atoms. The molecule has 0 heterocycles. The van der Waals surface area contributed by atoms with Crippen molar-refractivity contribution in [2.45, 2.75) is 111 Å². The summed E-state index contributed by atoms with van der Waals surface area (Å²) in [6.07, 6.45) is 15.8. The van der Waals surface area contributed by atoms with Crippen LogP contribution < -0.4 is 4.74 Å². The van der Waals surface area contributed by atoms with Gasteiger partial charge in [-0.15, -0.1) is 0 Å². The molecule has 3 rings (SSSR count). The Kier molecular flexibility index (Phi) is 9.79. The van der Waals surface area contributed by atoms with Crippen molar-refractivity contribution in [3.05, 3.63) is 29.8 Å². The van der Waals surface area contributed by atoms with E-state index in [1.54, 1.807) is 0 Å². The smallest absolute Gasteiger partial charge is 0.119 e. The van der Waals surface area contributed by atoms with Crippen molar-refractivity contribution in [1.29, 1.82) is 0 Å². The summed E-state index contributed by atoms with van der Waals surface area (Å²) < 4.78 is 5.96. The van der Waals surface area contributed by atoms with Gasteiger partial charge >= 0.3 is 0 Å². The Morgan fingerprint density at radius 2 is 1.32 bits per heavy atom. The third-order valence-corrected chi connectivity index (χ3v) is 9.24. The van der Waals surface area contributed by atoms with Gasteiger partial charge < -0.3 is 4.74 Å². The topological polar surface area (TPSA) is 9.23 Å². The van der Waals surface area contributed by atoms with Gasteiger partial charge in [0.1, 0.15) is 5.75 Å². The Labute approximate surface area is 193 Å². The second-order valence-electron chi connectivity index (χ2n) is 11.3. The van der Waals surface area contributed by atoms with Crippen LogP contribution in [0.15, 0.2) is 24.3 Å². The lowest BCUT2D eigenvalue weighted by molar-refractivity contribution is 0.118. The lowest BCUT2D eigenvalue weighted by atomic mass is 9.65. The predicted octanol–water partition coefficient (Wildman–Crippen LogP) is 9.26. The van der Waals surface area contributed by atoms with Gasteiger partial charge in [-0.2, -0.15) is 0 Å². The van der Waals surface area contributed by atoms with Crippen LogP contribution in [-0.4, -0.2) is 6.61 Å². The summed E-state index contributed by atoms with van der Waals surface area (Å²) in [5, 5.41) is 0. The zero-order valence-electron chi connectivity index (χ0n) is 21.2. The van der Waals surface area contributed by atoms with Crippen molar-refractivity contribution in [2.24, 2.45) is 35.5 Å². The van der Waals surface area contributed by atoms with Gasteiger partial charge in [0.05, 0.1) is 6.61 Å². The quantitative estimate of drug-likeness (QED) is 0.362. The number of benzene rings is 1. The van der Waals surface area contributed by atoms with E-state index in [1.165, 1.54) is 76.2 Å². The zero-order chi connectivity index (χ0) is 22.2. The van der Waals surface area contributed by atoms with Crippen molar-refractivity contribution in [1.82, 2.24) is 0 Å². The van der Waals surface area contributed by atoms with Crippen LogP contribution in [0.25, 0.3) is 0 Å². The monoisotopic (exact) mass is 426 g/mol. The standard InChI is InChI=1S/C30H50O/c1-6-8-25-9-11-26(12-10-25)23(4)27-13-15-28(16-14-27)24(5)29-17-19-30(20-18-29)31-21-22(3)7-2/h17-20,22-28H,6-16,21H2,1-5H3. The molecule has 0 aliphatic heterocycles. The Bertz CT molecular complexity index is 604. The minimum absolute atomic E-state index is 0.627. The molecule has 0 N–H and O–H groups in total. The van der Waals surface area contributed by atoms with Gasteiger partial charge in [-0.1, -0.05) is 78.9 Å². The highest BCUT2D eigenvalue weighted by Crippen LogP contribution is 2.45. The first-order chi connectivity index (χ1) is 15.0. The molecule has 1 aromatic carbocycles. The van der Waals surface area contributed by atoms with Gasteiger partial charge in [-0.25, -0.2) is 0 Å². The van der Waals surface area contributed by atoms with Crippen LogP contribution in [0.4, 0.5) is 0 Å². The number of hydrogen-bond acceptors (Lipinski definition) is 1. The molecule has 1 nitrogen and oxygen atoms in total. The predicted molar refractivity (Wildman–Crippen MR) is 135 cm³/mol. The van der Waals surface area contributed by atoms with Crippen molar-refractivity contribution in [3.8, 4) is 5.75 Å². The molecule has 31 heavy (non-hydrogen) atoms. The van der Waals surface area contributed by atoms with Crippen LogP contribution in [0.5, 0.6) is 5.75 Å². The van der Waals surface area contributed by atoms with E-state index in [4.69, 9.17) is 4.74 Å². The highest BCUT2D eigenvalue weighted by molar-refractivity contribution is 5.29. The molecule has 2 fully saturated rings. The summed E-state index contributed by atoms with van der Waals surface area (Å²) in [4.78, 5) is 0. The van der Waals surface area contributed by atoms with E-state index in [-0.39, 0.29) is 0 Å². The lowest BCUT2D eigenvalue weighted by Crippen LogP contribution is -2.29. The van der Waals surface area contributed by atoms with E-state index >= 15 is 0 Å². The Morgan fingerprint density at radius 1 is 0.774 bits per heavy atom. The van der Waals surface area contributed by atoms with Gasteiger partial charge in [-0.05, 0) is 97.6 Å². The van der Waals surface area contributed by atoms with Crippen molar-refractivity contribution in [2.75, 3.05) is 6.61 Å². The molecule has 0 saturated heterocycles. The number of rotatable bonds is 10. The molecule has 2 saturated carbocycles. The van der Waals surface area contributed by atoms with Gasteiger partial charge in [0.2, 0.25) is 0 Å². The largest absolute Gasteiger partial charge is 0.493 e. The number of hydrogen-bond donors (Lipinski definition) is 0. The van der Waals surface area contributed by atoms with E-state index in [9.17, 15) is 0 Å². The molecule has 0 bridgehead atoms. The van der Waals surface area contributed by atoms with E-state index < -0.39 is 0 Å². The molecular weight excluding hydrogens is 376 g/mol. The van der Waals surface area contributed by atoms with Crippen LogP contribution in [0.3, 0.4) is 0 Å². The molecule has 0 amide bonds. The van der Waals surface area contributed by atoms with E-state index in [0.717, 1.165) is 41.9 Å². The van der Waals surface area contributed by atoms with E-state index in [0.29, 0.717) is 11.8 Å². The average Bonchev–Trinajstić information content (AvgIpc) is 2.82. The summed E-state index contributed by atoms with van der Waals surface area (Å²) >= 11 is 0. The van der Waals surface area contributed by atoms with Gasteiger partial charge in [0.25, 0.3) is 0 Å². The fraction of sp³-hybridized carbons (Fsp3) is 0.800. The van der Waals surface area contributed by atoms with Crippen LogP contribution in [0.1, 0.15) is 117 Å². The van der Waals surface area contributed by atoms with Gasteiger partial charge in [0, 0.05) is 0 Å². The van der Waals surface area contributed by atoms with Crippen molar-refractivity contribution >= 4 is 0 Å². The van der Waals surface area contributed by atoms with Gasteiger partial charge in [0.15, 0.2) is 0 Å². The highest BCUT2D eigenvalue weighted by Gasteiger charge is 2.33. The zero-order valence-corrected chi connectivity index (χ0v) is 21.2. The molecule has 2 aliphatic rings. The summed E-state index contributed by atoms with van der Waals surface area (Å²) in [6, 6.07) is 9.02. The minimum atomic E-state index is 0.627. The maximum Gasteiger partial charge on any atom is 0.119 e. The summed E-state index contributed by atoms with van der Waals surface area (Å²) in [7, 11) is 0. The molecule has 3 atom stereocenters. The molecular formula is C30H50O. The van der Waals surface area contributed by atoms with E-state index in [1.807, 2.05) is 0 Å². The summed E-state index contributed by atoms with van der Waals surface area (Å²) in [5.41, 5.74) is 1.50. The molecule has 3 unspecified atom stereocenters. The molecule has 2 aliphatic carbocycles. The third-order valence-electron chi connectivity index (χ3n) is 9.24. The average molecular weight is 427 g/mol. The third kappa shape index (κ3) is 7.00. The fourth-order valence-electron chi connectivity index (χ4n) is 6.46. The van der Waals surface area contributed by atoms with Crippen LogP contribution in [-0.2, 0) is 0 Å². The Hall–Kier alpha value is -0.980. The Balaban J connectivity index is 1.43. The fourth-order valence-corrected chi connectivity index (χ4v) is 6.46. The molecule has 1 aromatic rings. The normalized spacial score (nSPS) is 29.8. The van der Waals surface area contributed by atoms with Crippen molar-refractivity contribution in [3.63, 3.8) is 0 Å². The lowest BCUT2D eigenvalue weighted by Gasteiger charge is -2.40. The summed E-state index contributed by atoms with van der Waals surface area (Å²) in [5.74, 6) is 7.16. The first-order valence-electron chi connectivity index (χ1n) is 13.7. The summed E-state index contributed by atoms with van der Waals surface area (Å²) in [6.45, 7) is 12.7. The maximum absolute atomic E-state index is 5.96. The van der Waals surface area contributed by atoms with Gasteiger partial charge in [-0.3, -0.25) is 0 Å². The van der Waals surface area contributed by atoms with Crippen LogP contribution in [0.2, 0.25) is 0 Å². The minimum Gasteiger partial charge on any atom is -0.493 e. The first-order valence-corrected chi connectivity index (χ1v) is 13.7. The number of ether oxygens (including phenoxy) is 1. The molecule has 176 valence electrons. The SMILES string of the molecule is CCCC1CCC(C(C)C2CCC(C(C)c3ccc(OCC(C)CC)cc3)CC2)CC1.